The summed E-state index contributed by atoms with van der Waals surface area (Å²) in [6.07, 6.45) is 0.968. The van der Waals surface area contributed by atoms with Gasteiger partial charge in [-0.15, -0.1) is 0 Å². The number of hydrogen-bond acceptors (Lipinski definition) is 1. The van der Waals surface area contributed by atoms with Gasteiger partial charge in [-0.25, -0.2) is 0 Å². The lowest BCUT2D eigenvalue weighted by atomic mass is 9.90. The highest BCUT2D eigenvalue weighted by Gasteiger charge is 2.25. The average Bonchev–Trinajstić information content (AvgIpc) is 2.77. The van der Waals surface area contributed by atoms with Gasteiger partial charge in [0.15, 0.2) is 0 Å². The highest BCUT2D eigenvalue weighted by molar-refractivity contribution is 5.97. The van der Waals surface area contributed by atoms with Crippen LogP contribution in [0.4, 0.5) is 17.1 Å². The van der Waals surface area contributed by atoms with Crippen LogP contribution >= 0.6 is 0 Å². The first-order chi connectivity index (χ1) is 14.3. The van der Waals surface area contributed by atoms with E-state index in [4.69, 9.17) is 0 Å². The Morgan fingerprint density at radius 1 is 0.621 bits per heavy atom. The van der Waals surface area contributed by atoms with Gasteiger partial charge in [0, 0.05) is 17.8 Å². The summed E-state index contributed by atoms with van der Waals surface area (Å²) in [5, 5.41) is 5.22. The summed E-state index contributed by atoms with van der Waals surface area (Å²) >= 11 is 0. The molecule has 29 heavy (non-hydrogen) atoms. The van der Waals surface area contributed by atoms with Gasteiger partial charge in [0.2, 0.25) is 0 Å². The number of aryl methyl sites for hydroxylation is 1. The van der Waals surface area contributed by atoms with E-state index in [1.165, 1.54) is 55.3 Å². The number of benzene rings is 5. The minimum Gasteiger partial charge on any atom is -0.310 e. The second-order valence-electron chi connectivity index (χ2n) is 7.96. The van der Waals surface area contributed by atoms with Gasteiger partial charge in [-0.2, -0.15) is 0 Å². The molecule has 0 aromatic heterocycles. The van der Waals surface area contributed by atoms with Gasteiger partial charge in [0.1, 0.15) is 0 Å². The van der Waals surface area contributed by atoms with Crippen LogP contribution in [0.15, 0.2) is 97.1 Å². The molecule has 1 aliphatic heterocycles. The average molecular weight is 371 g/mol. The SMILES string of the molecule is Cc1ccc2c3c(ccc2c1)N(c1ccc2ccccc2c1)c1ccccc1C3. The predicted octanol–water partition coefficient (Wildman–Crippen LogP) is 7.68. The van der Waals surface area contributed by atoms with Crippen molar-refractivity contribution in [2.24, 2.45) is 0 Å². The molecule has 0 radical (unpaired) electrons. The third-order valence-corrected chi connectivity index (χ3v) is 6.09. The van der Waals surface area contributed by atoms with Crippen LogP contribution in [0.3, 0.4) is 0 Å². The third-order valence-electron chi connectivity index (χ3n) is 6.09. The minimum atomic E-state index is 0.968. The zero-order chi connectivity index (χ0) is 19.4. The van der Waals surface area contributed by atoms with Gasteiger partial charge in [0.05, 0.1) is 5.69 Å². The molecule has 0 saturated carbocycles. The van der Waals surface area contributed by atoms with Crippen molar-refractivity contribution in [1.82, 2.24) is 0 Å². The molecule has 6 rings (SSSR count). The maximum atomic E-state index is 2.43. The fraction of sp³-hybridized carbons (Fsp3) is 0.0714. The van der Waals surface area contributed by atoms with Crippen LogP contribution in [0.25, 0.3) is 21.5 Å². The first-order valence-corrected chi connectivity index (χ1v) is 10.2. The molecule has 1 aliphatic rings. The van der Waals surface area contributed by atoms with Crippen LogP contribution in [0, 0.1) is 6.92 Å². The summed E-state index contributed by atoms with van der Waals surface area (Å²) in [6.45, 7) is 2.16. The normalized spacial score (nSPS) is 12.8. The molecule has 0 atom stereocenters. The van der Waals surface area contributed by atoms with E-state index in [9.17, 15) is 0 Å². The van der Waals surface area contributed by atoms with E-state index < -0.39 is 0 Å². The number of anilines is 3. The van der Waals surface area contributed by atoms with E-state index in [0.29, 0.717) is 0 Å². The zero-order valence-electron chi connectivity index (χ0n) is 16.4. The van der Waals surface area contributed by atoms with Crippen molar-refractivity contribution < 1.29 is 0 Å². The summed E-state index contributed by atoms with van der Waals surface area (Å²) in [6, 6.07) is 35.5. The van der Waals surface area contributed by atoms with E-state index in [1.807, 2.05) is 0 Å². The van der Waals surface area contributed by atoms with Crippen LogP contribution in [-0.4, -0.2) is 0 Å². The summed E-state index contributed by atoms with van der Waals surface area (Å²) in [7, 11) is 0. The molecule has 0 spiro atoms. The molecular weight excluding hydrogens is 350 g/mol. The molecule has 1 heterocycles. The quantitative estimate of drug-likeness (QED) is 0.286. The number of rotatable bonds is 1. The molecule has 138 valence electrons. The van der Waals surface area contributed by atoms with Crippen molar-refractivity contribution in [3.63, 3.8) is 0 Å². The van der Waals surface area contributed by atoms with Crippen LogP contribution in [0.1, 0.15) is 16.7 Å². The number of nitrogens with zero attached hydrogens (tertiary/aromatic N) is 1. The maximum absolute atomic E-state index is 2.43. The Morgan fingerprint density at radius 2 is 1.41 bits per heavy atom. The topological polar surface area (TPSA) is 3.24 Å². The largest absolute Gasteiger partial charge is 0.310 e. The van der Waals surface area contributed by atoms with E-state index in [2.05, 4.69) is 109 Å². The van der Waals surface area contributed by atoms with E-state index in [1.54, 1.807) is 0 Å². The molecule has 0 bridgehead atoms. The fourth-order valence-corrected chi connectivity index (χ4v) is 4.69. The standard InChI is InChI=1S/C28H21N/c1-19-10-14-25-22(16-19)12-15-28-26(25)18-23-8-4-5-9-27(23)29(28)24-13-11-20-6-2-3-7-21(20)17-24/h2-17H,18H2,1H3. The summed E-state index contributed by atoms with van der Waals surface area (Å²) in [4.78, 5) is 2.43. The summed E-state index contributed by atoms with van der Waals surface area (Å²) in [5.74, 6) is 0. The van der Waals surface area contributed by atoms with Gasteiger partial charge in [0.25, 0.3) is 0 Å². The minimum absolute atomic E-state index is 0.968. The van der Waals surface area contributed by atoms with Gasteiger partial charge in [-0.05, 0) is 63.9 Å². The lowest BCUT2D eigenvalue weighted by Gasteiger charge is -2.34. The monoisotopic (exact) mass is 371 g/mol. The maximum Gasteiger partial charge on any atom is 0.0503 e. The Kier molecular flexibility index (Phi) is 3.51. The molecule has 1 heteroatoms. The number of hydrogen-bond donors (Lipinski definition) is 0. The first-order valence-electron chi connectivity index (χ1n) is 10.2. The van der Waals surface area contributed by atoms with Crippen LogP contribution in [0.5, 0.6) is 0 Å². The molecule has 5 aromatic carbocycles. The highest BCUT2D eigenvalue weighted by Crippen LogP contribution is 2.46. The van der Waals surface area contributed by atoms with Crippen molar-refractivity contribution >= 4 is 38.6 Å². The third kappa shape index (κ3) is 2.55. The Balaban J connectivity index is 1.64. The van der Waals surface area contributed by atoms with Crippen molar-refractivity contribution in [3.8, 4) is 0 Å². The Bertz CT molecular complexity index is 1400. The molecule has 0 unspecified atom stereocenters. The van der Waals surface area contributed by atoms with Gasteiger partial charge >= 0.3 is 0 Å². The van der Waals surface area contributed by atoms with Crippen LogP contribution in [-0.2, 0) is 6.42 Å². The Morgan fingerprint density at radius 3 is 2.34 bits per heavy atom. The summed E-state index contributed by atoms with van der Waals surface area (Å²) < 4.78 is 0. The number of fused-ring (bicyclic) bond motifs is 5. The van der Waals surface area contributed by atoms with Crippen LogP contribution in [0.2, 0.25) is 0 Å². The van der Waals surface area contributed by atoms with E-state index in [0.717, 1.165) is 6.42 Å². The molecule has 1 nitrogen and oxygen atoms in total. The van der Waals surface area contributed by atoms with E-state index >= 15 is 0 Å². The Hall–Kier alpha value is -3.58. The molecule has 0 aliphatic carbocycles. The summed E-state index contributed by atoms with van der Waals surface area (Å²) in [5.41, 5.74) is 7.87. The van der Waals surface area contributed by atoms with Gasteiger partial charge < -0.3 is 4.90 Å². The molecule has 5 aromatic rings. The van der Waals surface area contributed by atoms with Crippen molar-refractivity contribution in [2.75, 3.05) is 4.90 Å². The number of para-hydroxylation sites is 1. The molecule has 0 amide bonds. The van der Waals surface area contributed by atoms with Gasteiger partial charge in [-0.3, -0.25) is 0 Å². The molecule has 0 N–H and O–H groups in total. The van der Waals surface area contributed by atoms with Gasteiger partial charge in [-0.1, -0.05) is 78.4 Å². The van der Waals surface area contributed by atoms with Crippen LogP contribution < -0.4 is 4.90 Å². The van der Waals surface area contributed by atoms with E-state index in [-0.39, 0.29) is 0 Å². The van der Waals surface area contributed by atoms with Crippen molar-refractivity contribution in [1.29, 1.82) is 0 Å². The lowest BCUT2D eigenvalue weighted by molar-refractivity contribution is 1.10. The van der Waals surface area contributed by atoms with Crippen molar-refractivity contribution in [3.05, 3.63) is 114 Å². The fourth-order valence-electron chi connectivity index (χ4n) is 4.69. The Labute approximate surface area is 170 Å². The predicted molar refractivity (Wildman–Crippen MR) is 124 cm³/mol. The molecule has 0 saturated heterocycles. The second-order valence-corrected chi connectivity index (χ2v) is 7.96. The zero-order valence-corrected chi connectivity index (χ0v) is 16.4. The lowest BCUT2D eigenvalue weighted by Crippen LogP contribution is -2.18. The smallest absolute Gasteiger partial charge is 0.0503 e. The first kappa shape index (κ1) is 16.4. The second kappa shape index (κ2) is 6.22. The highest BCUT2D eigenvalue weighted by atomic mass is 15.2. The molecule has 0 fully saturated rings. The van der Waals surface area contributed by atoms with Crippen molar-refractivity contribution in [2.45, 2.75) is 13.3 Å². The molecular formula is C28H21N.